The number of ether oxygens (including phenoxy) is 1. The van der Waals surface area contributed by atoms with Crippen LogP contribution in [0.4, 0.5) is 0 Å². The standard InChI is InChI=1S/C14H10O4S/c1-7-2-3-9(19-7)6-12-14(17)13-10(16)4-8(15)5-11(13)18-12/h2-6,15-16H,1H3. The lowest BCUT2D eigenvalue weighted by Gasteiger charge is -1.99. The molecule has 0 saturated carbocycles. The first kappa shape index (κ1) is 11.8. The zero-order valence-electron chi connectivity index (χ0n) is 10.0. The Balaban J connectivity index is 2.04. The van der Waals surface area contributed by atoms with Crippen LogP contribution in [-0.2, 0) is 0 Å². The molecule has 0 saturated heterocycles. The van der Waals surface area contributed by atoms with E-state index in [0.717, 1.165) is 15.8 Å². The van der Waals surface area contributed by atoms with E-state index in [4.69, 9.17) is 4.74 Å². The van der Waals surface area contributed by atoms with Crippen molar-refractivity contribution in [3.05, 3.63) is 45.3 Å². The van der Waals surface area contributed by atoms with Gasteiger partial charge in [-0.05, 0) is 19.1 Å². The van der Waals surface area contributed by atoms with Crippen molar-refractivity contribution in [1.82, 2.24) is 0 Å². The average molecular weight is 274 g/mol. The van der Waals surface area contributed by atoms with Gasteiger partial charge >= 0.3 is 0 Å². The molecule has 2 aromatic rings. The van der Waals surface area contributed by atoms with E-state index < -0.39 is 0 Å². The first-order valence-electron chi connectivity index (χ1n) is 5.61. The number of Topliss-reactive ketones (excluding diaryl/α,β-unsaturated/α-hetero) is 1. The monoisotopic (exact) mass is 274 g/mol. The predicted molar refractivity (Wildman–Crippen MR) is 71.8 cm³/mol. The predicted octanol–water partition coefficient (Wildman–Crippen LogP) is 3.08. The summed E-state index contributed by atoms with van der Waals surface area (Å²) >= 11 is 1.54. The number of carbonyl (C=O) groups is 1. The number of ketones is 1. The molecule has 1 aromatic heterocycles. The Bertz CT molecular complexity index is 712. The lowest BCUT2D eigenvalue weighted by molar-refractivity contribution is 0.101. The van der Waals surface area contributed by atoms with Crippen LogP contribution in [0, 0.1) is 6.92 Å². The third-order valence-corrected chi connectivity index (χ3v) is 3.72. The second-order valence-corrected chi connectivity index (χ2v) is 5.55. The number of benzene rings is 1. The molecule has 0 unspecified atom stereocenters. The number of aromatic hydroxyl groups is 2. The van der Waals surface area contributed by atoms with Crippen molar-refractivity contribution in [2.45, 2.75) is 6.92 Å². The second-order valence-electron chi connectivity index (χ2n) is 4.23. The molecule has 0 aliphatic carbocycles. The normalized spacial score (nSPS) is 15.6. The Hall–Kier alpha value is -2.27. The molecule has 2 heterocycles. The van der Waals surface area contributed by atoms with E-state index in [2.05, 4.69) is 0 Å². The molecule has 1 aliphatic rings. The Morgan fingerprint density at radius 2 is 2.05 bits per heavy atom. The van der Waals surface area contributed by atoms with Gasteiger partial charge in [-0.25, -0.2) is 0 Å². The lowest BCUT2D eigenvalue weighted by Crippen LogP contribution is -1.97. The number of phenols is 2. The fourth-order valence-corrected chi connectivity index (χ4v) is 2.75. The smallest absolute Gasteiger partial charge is 0.235 e. The summed E-state index contributed by atoms with van der Waals surface area (Å²) in [5, 5.41) is 19.1. The van der Waals surface area contributed by atoms with Crippen LogP contribution in [0.5, 0.6) is 17.2 Å². The molecule has 1 aromatic carbocycles. The molecule has 0 radical (unpaired) electrons. The average Bonchev–Trinajstić information content (AvgIpc) is 2.84. The topological polar surface area (TPSA) is 66.8 Å². The molecule has 0 fully saturated rings. The molecule has 4 nitrogen and oxygen atoms in total. The third kappa shape index (κ3) is 1.98. The van der Waals surface area contributed by atoms with E-state index >= 15 is 0 Å². The number of rotatable bonds is 1. The van der Waals surface area contributed by atoms with Gasteiger partial charge in [-0.3, -0.25) is 4.79 Å². The van der Waals surface area contributed by atoms with Crippen LogP contribution in [0.1, 0.15) is 20.1 Å². The lowest BCUT2D eigenvalue weighted by atomic mass is 10.1. The molecule has 1 aliphatic heterocycles. The van der Waals surface area contributed by atoms with E-state index in [1.165, 1.54) is 6.07 Å². The third-order valence-electron chi connectivity index (χ3n) is 2.77. The van der Waals surface area contributed by atoms with E-state index in [9.17, 15) is 15.0 Å². The number of hydrogen-bond donors (Lipinski definition) is 2. The summed E-state index contributed by atoms with van der Waals surface area (Å²) in [7, 11) is 0. The highest BCUT2D eigenvalue weighted by molar-refractivity contribution is 7.12. The molecule has 3 rings (SSSR count). The second kappa shape index (κ2) is 4.13. The summed E-state index contributed by atoms with van der Waals surface area (Å²) in [5.41, 5.74) is 0.0947. The maximum atomic E-state index is 12.1. The molecule has 19 heavy (non-hydrogen) atoms. The number of allylic oxidation sites excluding steroid dienone is 1. The summed E-state index contributed by atoms with van der Waals surface area (Å²) in [4.78, 5) is 14.1. The number of aryl methyl sites for hydroxylation is 1. The van der Waals surface area contributed by atoms with Crippen molar-refractivity contribution < 1.29 is 19.7 Å². The van der Waals surface area contributed by atoms with Crippen LogP contribution in [0.2, 0.25) is 0 Å². The number of hydrogen-bond acceptors (Lipinski definition) is 5. The first-order valence-corrected chi connectivity index (χ1v) is 6.43. The highest BCUT2D eigenvalue weighted by Gasteiger charge is 2.31. The van der Waals surface area contributed by atoms with Crippen LogP contribution in [0.3, 0.4) is 0 Å². The maximum absolute atomic E-state index is 12.1. The van der Waals surface area contributed by atoms with Gasteiger partial charge in [0.2, 0.25) is 5.78 Å². The van der Waals surface area contributed by atoms with Gasteiger partial charge in [-0.2, -0.15) is 0 Å². The number of thiophene rings is 1. The Labute approximate surface area is 113 Å². The summed E-state index contributed by atoms with van der Waals surface area (Å²) < 4.78 is 5.39. The van der Waals surface area contributed by atoms with Gasteiger partial charge in [0.05, 0.1) is 0 Å². The van der Waals surface area contributed by atoms with E-state index in [1.54, 1.807) is 17.4 Å². The highest BCUT2D eigenvalue weighted by atomic mass is 32.1. The van der Waals surface area contributed by atoms with Crippen LogP contribution >= 0.6 is 11.3 Å². The minimum Gasteiger partial charge on any atom is -0.508 e. The maximum Gasteiger partial charge on any atom is 0.235 e. The molecular weight excluding hydrogens is 264 g/mol. The van der Waals surface area contributed by atoms with Gasteiger partial charge in [0.25, 0.3) is 0 Å². The summed E-state index contributed by atoms with van der Waals surface area (Å²) in [6, 6.07) is 6.28. The van der Waals surface area contributed by atoms with Gasteiger partial charge in [-0.15, -0.1) is 11.3 Å². The Morgan fingerprint density at radius 3 is 2.74 bits per heavy atom. The molecule has 96 valence electrons. The molecule has 0 spiro atoms. The molecule has 0 atom stereocenters. The zero-order chi connectivity index (χ0) is 13.6. The van der Waals surface area contributed by atoms with Gasteiger partial charge in [0.15, 0.2) is 5.76 Å². The number of fused-ring (bicyclic) bond motifs is 1. The zero-order valence-corrected chi connectivity index (χ0v) is 10.8. The van der Waals surface area contributed by atoms with Crippen LogP contribution in [0.25, 0.3) is 6.08 Å². The molecule has 0 amide bonds. The quantitative estimate of drug-likeness (QED) is 0.784. The minimum atomic E-state index is -0.376. The Kier molecular flexibility index (Phi) is 2.57. The Morgan fingerprint density at radius 1 is 1.26 bits per heavy atom. The molecule has 5 heteroatoms. The summed E-state index contributed by atoms with van der Waals surface area (Å²) in [5.74, 6) is -0.457. The number of phenolic OH excluding ortho intramolecular Hbond substituents is 2. The van der Waals surface area contributed by atoms with E-state index in [-0.39, 0.29) is 34.4 Å². The first-order chi connectivity index (χ1) is 9.04. The van der Waals surface area contributed by atoms with Crippen molar-refractivity contribution in [3.8, 4) is 17.2 Å². The van der Waals surface area contributed by atoms with Gasteiger partial charge < -0.3 is 14.9 Å². The van der Waals surface area contributed by atoms with Gasteiger partial charge in [0, 0.05) is 28.0 Å². The summed E-state index contributed by atoms with van der Waals surface area (Å²) in [6.45, 7) is 1.97. The fraction of sp³-hybridized carbons (Fsp3) is 0.0714. The molecule has 2 N–H and O–H groups in total. The van der Waals surface area contributed by atoms with E-state index in [1.807, 2.05) is 19.1 Å². The fourth-order valence-electron chi connectivity index (χ4n) is 1.94. The van der Waals surface area contributed by atoms with Crippen molar-refractivity contribution in [3.63, 3.8) is 0 Å². The number of carbonyl (C=O) groups excluding carboxylic acids is 1. The van der Waals surface area contributed by atoms with Crippen molar-refractivity contribution in [2.24, 2.45) is 0 Å². The minimum absolute atomic E-state index is 0.0947. The SMILES string of the molecule is Cc1ccc(C=C2Oc3cc(O)cc(O)c3C2=O)s1. The highest BCUT2D eigenvalue weighted by Crippen LogP contribution is 2.40. The summed E-state index contributed by atoms with van der Waals surface area (Å²) in [6.07, 6.45) is 1.64. The molecule has 0 bridgehead atoms. The van der Waals surface area contributed by atoms with Crippen molar-refractivity contribution >= 4 is 23.2 Å². The van der Waals surface area contributed by atoms with Crippen LogP contribution in [0.15, 0.2) is 30.0 Å². The van der Waals surface area contributed by atoms with Gasteiger partial charge in [0.1, 0.15) is 22.8 Å². The van der Waals surface area contributed by atoms with E-state index in [0.29, 0.717) is 0 Å². The molecular formula is C14H10O4S. The van der Waals surface area contributed by atoms with Crippen LogP contribution < -0.4 is 4.74 Å². The largest absolute Gasteiger partial charge is 0.508 e. The van der Waals surface area contributed by atoms with Crippen molar-refractivity contribution in [1.29, 1.82) is 0 Å². The van der Waals surface area contributed by atoms with Gasteiger partial charge in [-0.1, -0.05) is 0 Å². The van der Waals surface area contributed by atoms with Crippen LogP contribution in [-0.4, -0.2) is 16.0 Å². The van der Waals surface area contributed by atoms with Crippen molar-refractivity contribution in [2.75, 3.05) is 0 Å².